The Labute approximate surface area is 137 Å². The first-order chi connectivity index (χ1) is 11.1. The van der Waals surface area contributed by atoms with Gasteiger partial charge >= 0.3 is 0 Å². The number of amides is 1. The molecule has 6 nitrogen and oxygen atoms in total. The minimum Gasteiger partial charge on any atom is -0.360 e. The number of aryl methyl sites for hydroxylation is 1. The van der Waals surface area contributed by atoms with Crippen LogP contribution in [-0.4, -0.2) is 16.0 Å². The molecule has 2 heterocycles. The van der Waals surface area contributed by atoms with Crippen molar-refractivity contribution in [3.63, 3.8) is 0 Å². The van der Waals surface area contributed by atoms with Gasteiger partial charge in [-0.3, -0.25) is 4.79 Å². The first kappa shape index (κ1) is 15.1. The third kappa shape index (κ3) is 3.87. The molecule has 2 aromatic heterocycles. The summed E-state index contributed by atoms with van der Waals surface area (Å²) >= 11 is 5.80. The number of nitrogens with zero attached hydrogens (tertiary/aromatic N) is 2. The first-order valence-electron chi connectivity index (χ1n) is 6.83. The summed E-state index contributed by atoms with van der Waals surface area (Å²) in [6, 6.07) is 11.9. The fourth-order valence-electron chi connectivity index (χ4n) is 1.90. The van der Waals surface area contributed by atoms with Crippen molar-refractivity contribution in [1.82, 2.24) is 10.1 Å². The van der Waals surface area contributed by atoms with Crippen LogP contribution in [0.25, 0.3) is 0 Å². The van der Waals surface area contributed by atoms with E-state index in [0.29, 0.717) is 33.7 Å². The van der Waals surface area contributed by atoms with Gasteiger partial charge in [0.05, 0.1) is 11.9 Å². The van der Waals surface area contributed by atoms with Crippen LogP contribution in [0.2, 0.25) is 5.02 Å². The second-order valence-electron chi connectivity index (χ2n) is 4.84. The Balaban J connectivity index is 1.65. The van der Waals surface area contributed by atoms with Crippen molar-refractivity contribution >= 4 is 34.8 Å². The number of carbonyl (C=O) groups excluding carboxylic acids is 1. The van der Waals surface area contributed by atoms with E-state index in [1.165, 1.54) is 0 Å². The molecule has 1 aromatic carbocycles. The van der Waals surface area contributed by atoms with E-state index in [0.717, 1.165) is 0 Å². The lowest BCUT2D eigenvalue weighted by Crippen LogP contribution is -2.11. The van der Waals surface area contributed by atoms with Gasteiger partial charge in [0.15, 0.2) is 5.82 Å². The first-order valence-corrected chi connectivity index (χ1v) is 7.21. The number of hydrogen-bond donors (Lipinski definition) is 2. The average molecular weight is 329 g/mol. The molecule has 1 amide bonds. The number of anilines is 3. The SMILES string of the molecule is Cc1cc(Nc2ccc(NC(=O)c3ccc(Cl)cc3)cn2)no1. The summed E-state index contributed by atoms with van der Waals surface area (Å²) in [4.78, 5) is 16.3. The maximum Gasteiger partial charge on any atom is 0.255 e. The van der Waals surface area contributed by atoms with E-state index in [9.17, 15) is 4.79 Å². The highest BCUT2D eigenvalue weighted by Crippen LogP contribution is 2.17. The van der Waals surface area contributed by atoms with Crippen LogP contribution < -0.4 is 10.6 Å². The molecule has 3 aromatic rings. The monoisotopic (exact) mass is 328 g/mol. The summed E-state index contributed by atoms with van der Waals surface area (Å²) in [7, 11) is 0. The summed E-state index contributed by atoms with van der Waals surface area (Å²) < 4.78 is 4.96. The van der Waals surface area contributed by atoms with Crippen LogP contribution in [0.3, 0.4) is 0 Å². The van der Waals surface area contributed by atoms with Crippen LogP contribution >= 0.6 is 11.6 Å². The van der Waals surface area contributed by atoms with Crippen LogP contribution in [-0.2, 0) is 0 Å². The largest absolute Gasteiger partial charge is 0.360 e. The molecule has 0 aliphatic carbocycles. The van der Waals surface area contributed by atoms with Gasteiger partial charge in [-0.1, -0.05) is 16.8 Å². The molecule has 2 N–H and O–H groups in total. The Morgan fingerprint density at radius 2 is 1.91 bits per heavy atom. The van der Waals surface area contributed by atoms with E-state index in [2.05, 4.69) is 20.8 Å². The van der Waals surface area contributed by atoms with Crippen molar-refractivity contribution in [2.24, 2.45) is 0 Å². The topological polar surface area (TPSA) is 80.0 Å². The smallest absolute Gasteiger partial charge is 0.255 e. The zero-order valence-corrected chi connectivity index (χ0v) is 13.0. The number of benzene rings is 1. The molecule has 7 heteroatoms. The van der Waals surface area contributed by atoms with Gasteiger partial charge in [0, 0.05) is 16.7 Å². The number of rotatable bonds is 4. The highest BCUT2D eigenvalue weighted by molar-refractivity contribution is 6.30. The van der Waals surface area contributed by atoms with Crippen LogP contribution in [0.5, 0.6) is 0 Å². The number of carbonyl (C=O) groups is 1. The Morgan fingerprint density at radius 1 is 1.13 bits per heavy atom. The van der Waals surface area contributed by atoms with Crippen molar-refractivity contribution in [1.29, 1.82) is 0 Å². The Bertz CT molecular complexity index is 813. The number of hydrogen-bond acceptors (Lipinski definition) is 5. The molecule has 0 unspecified atom stereocenters. The maximum atomic E-state index is 12.1. The molecule has 0 fully saturated rings. The quantitative estimate of drug-likeness (QED) is 0.756. The lowest BCUT2D eigenvalue weighted by Gasteiger charge is -2.06. The zero-order chi connectivity index (χ0) is 16.2. The molecular weight excluding hydrogens is 316 g/mol. The second-order valence-corrected chi connectivity index (χ2v) is 5.28. The summed E-state index contributed by atoms with van der Waals surface area (Å²) in [5.41, 5.74) is 1.11. The zero-order valence-electron chi connectivity index (χ0n) is 12.2. The molecule has 0 radical (unpaired) electrons. The third-order valence-electron chi connectivity index (χ3n) is 3.01. The van der Waals surface area contributed by atoms with Crippen molar-refractivity contribution in [3.8, 4) is 0 Å². The van der Waals surface area contributed by atoms with Crippen molar-refractivity contribution in [2.45, 2.75) is 6.92 Å². The fourth-order valence-corrected chi connectivity index (χ4v) is 2.03. The molecule has 23 heavy (non-hydrogen) atoms. The minimum absolute atomic E-state index is 0.226. The number of nitrogens with one attached hydrogen (secondary N) is 2. The predicted octanol–water partition coefficient (Wildman–Crippen LogP) is 4.03. The van der Waals surface area contributed by atoms with E-state index in [1.54, 1.807) is 55.6 Å². The van der Waals surface area contributed by atoms with E-state index in [4.69, 9.17) is 16.1 Å². The van der Waals surface area contributed by atoms with Gasteiger partial charge in [0.25, 0.3) is 5.91 Å². The molecule has 0 bridgehead atoms. The van der Waals surface area contributed by atoms with Crippen molar-refractivity contribution in [3.05, 3.63) is 65.0 Å². The van der Waals surface area contributed by atoms with Crippen molar-refractivity contribution in [2.75, 3.05) is 10.6 Å². The molecule has 116 valence electrons. The Hall–Kier alpha value is -2.86. The average Bonchev–Trinajstić information content (AvgIpc) is 2.95. The number of pyridine rings is 1. The molecule has 0 atom stereocenters. The lowest BCUT2D eigenvalue weighted by molar-refractivity contribution is 0.102. The van der Waals surface area contributed by atoms with Crippen LogP contribution in [0.4, 0.5) is 17.3 Å². The fraction of sp³-hybridized carbons (Fsp3) is 0.0625. The summed E-state index contributed by atoms with van der Waals surface area (Å²) in [5.74, 6) is 1.66. The van der Waals surface area contributed by atoms with Gasteiger partial charge < -0.3 is 15.2 Å². The van der Waals surface area contributed by atoms with Crippen LogP contribution in [0.1, 0.15) is 16.1 Å². The Morgan fingerprint density at radius 3 is 2.52 bits per heavy atom. The van der Waals surface area contributed by atoms with Crippen LogP contribution in [0.15, 0.2) is 53.2 Å². The predicted molar refractivity (Wildman–Crippen MR) is 88.2 cm³/mol. The number of halogens is 1. The normalized spacial score (nSPS) is 10.3. The summed E-state index contributed by atoms with van der Waals surface area (Å²) in [6.45, 7) is 1.81. The summed E-state index contributed by atoms with van der Waals surface area (Å²) in [5, 5.41) is 10.2. The van der Waals surface area contributed by atoms with E-state index < -0.39 is 0 Å². The van der Waals surface area contributed by atoms with Crippen LogP contribution in [0, 0.1) is 6.92 Å². The van der Waals surface area contributed by atoms with Gasteiger partial charge in [0.1, 0.15) is 11.6 Å². The lowest BCUT2D eigenvalue weighted by atomic mass is 10.2. The molecule has 3 rings (SSSR count). The molecule has 0 aliphatic rings. The standard InChI is InChI=1S/C16H13ClN4O2/c1-10-8-15(21-23-10)20-14-7-6-13(9-18-14)19-16(22)11-2-4-12(17)5-3-11/h2-9H,1H3,(H,19,22)(H,18,20,21). The minimum atomic E-state index is -0.226. The highest BCUT2D eigenvalue weighted by atomic mass is 35.5. The third-order valence-corrected chi connectivity index (χ3v) is 3.26. The number of aromatic nitrogens is 2. The molecule has 0 aliphatic heterocycles. The Kier molecular flexibility index (Phi) is 4.25. The molecular formula is C16H13ClN4O2. The van der Waals surface area contributed by atoms with E-state index >= 15 is 0 Å². The van der Waals surface area contributed by atoms with Gasteiger partial charge in [-0.05, 0) is 43.3 Å². The van der Waals surface area contributed by atoms with Gasteiger partial charge in [-0.15, -0.1) is 0 Å². The van der Waals surface area contributed by atoms with Gasteiger partial charge in [-0.25, -0.2) is 4.98 Å². The summed E-state index contributed by atoms with van der Waals surface area (Å²) in [6.07, 6.45) is 1.56. The molecule has 0 spiro atoms. The highest BCUT2D eigenvalue weighted by Gasteiger charge is 2.07. The molecule has 0 saturated carbocycles. The van der Waals surface area contributed by atoms with E-state index in [-0.39, 0.29) is 5.91 Å². The van der Waals surface area contributed by atoms with E-state index in [1.807, 2.05) is 0 Å². The van der Waals surface area contributed by atoms with Gasteiger partial charge in [-0.2, -0.15) is 0 Å². The van der Waals surface area contributed by atoms with Crippen molar-refractivity contribution < 1.29 is 9.32 Å². The maximum absolute atomic E-state index is 12.1. The second kappa shape index (κ2) is 6.50. The van der Waals surface area contributed by atoms with Gasteiger partial charge in [0.2, 0.25) is 0 Å². The molecule has 0 saturated heterocycles.